The predicted octanol–water partition coefficient (Wildman–Crippen LogP) is 2.73. The van der Waals surface area contributed by atoms with Gasteiger partial charge in [-0.3, -0.25) is 4.79 Å². The summed E-state index contributed by atoms with van der Waals surface area (Å²) < 4.78 is 15.5. The Hall–Kier alpha value is -2.38. The van der Waals surface area contributed by atoms with E-state index in [4.69, 9.17) is 19.3 Å². The molecule has 29 heavy (non-hydrogen) atoms. The second kappa shape index (κ2) is 13.0. The number of hydrogen-bond donors (Lipinski definition) is 2. The highest BCUT2D eigenvalue weighted by molar-refractivity contribution is 6.26. The molecule has 7 heteroatoms. The molecule has 1 rings (SSSR count). The first kappa shape index (κ1) is 24.7. The van der Waals surface area contributed by atoms with Gasteiger partial charge in [0, 0.05) is 5.92 Å². The normalized spacial score (nSPS) is 13.9. The zero-order valence-corrected chi connectivity index (χ0v) is 17.6. The Morgan fingerprint density at radius 3 is 2.24 bits per heavy atom. The Labute approximate surface area is 172 Å². The number of unbranched alkanes of at least 4 members (excludes halogenated alkanes) is 1. The van der Waals surface area contributed by atoms with Gasteiger partial charge in [-0.1, -0.05) is 38.8 Å². The zero-order valence-electron chi connectivity index (χ0n) is 17.6. The monoisotopic (exact) mass is 408 g/mol. The minimum absolute atomic E-state index is 0.140. The first-order valence-corrected chi connectivity index (χ1v) is 9.86. The van der Waals surface area contributed by atoms with Crippen molar-refractivity contribution in [3.05, 3.63) is 35.6 Å². The van der Waals surface area contributed by atoms with Crippen LogP contribution in [0.3, 0.4) is 0 Å². The summed E-state index contributed by atoms with van der Waals surface area (Å²) >= 11 is 0. The van der Waals surface area contributed by atoms with E-state index in [0.717, 1.165) is 12.8 Å². The number of Topliss-reactive ketones (excluding diaryl/α,β-unsaturated/α-hetero) is 1. The van der Waals surface area contributed by atoms with E-state index in [0.29, 0.717) is 24.2 Å². The largest absolute Gasteiger partial charge is 0.497 e. The number of aliphatic hydroxyl groups excluding tert-OH is 2. The minimum atomic E-state index is -1.20. The molecule has 0 bridgehead atoms. The van der Waals surface area contributed by atoms with E-state index in [-0.39, 0.29) is 23.0 Å². The number of methoxy groups -OCH3 is 2. The standard InChI is InChI=1S/C22H32O7/c1-5-7-8-15(6-2)20(25)19(16-9-11-18(27-3)12-10-16)21(28-4)22(26)29-14-17(24)13-23/h9-12,15,17,23-24H,5-8,13-14H2,1-4H3. The Bertz CT molecular complexity index is 679. The van der Waals surface area contributed by atoms with E-state index in [1.165, 1.54) is 7.11 Å². The van der Waals surface area contributed by atoms with Crippen molar-refractivity contribution < 1.29 is 34.0 Å². The lowest BCUT2D eigenvalue weighted by molar-refractivity contribution is -0.146. The van der Waals surface area contributed by atoms with E-state index >= 15 is 0 Å². The van der Waals surface area contributed by atoms with Crippen molar-refractivity contribution >= 4 is 17.3 Å². The molecule has 0 aliphatic heterocycles. The lowest BCUT2D eigenvalue weighted by Gasteiger charge is -2.19. The van der Waals surface area contributed by atoms with Crippen LogP contribution >= 0.6 is 0 Å². The average Bonchev–Trinajstić information content (AvgIpc) is 2.75. The van der Waals surface area contributed by atoms with Crippen molar-refractivity contribution in [2.75, 3.05) is 27.4 Å². The van der Waals surface area contributed by atoms with Crippen LogP contribution in [0.5, 0.6) is 5.75 Å². The Morgan fingerprint density at radius 2 is 1.76 bits per heavy atom. The molecule has 2 unspecified atom stereocenters. The summed E-state index contributed by atoms with van der Waals surface area (Å²) in [7, 11) is 2.84. The van der Waals surface area contributed by atoms with Crippen LogP contribution in [0, 0.1) is 5.92 Å². The fraction of sp³-hybridized carbons (Fsp3) is 0.545. The van der Waals surface area contributed by atoms with Gasteiger partial charge in [0.2, 0.25) is 5.76 Å². The smallest absolute Gasteiger partial charge is 0.374 e. The summed E-state index contributed by atoms with van der Waals surface area (Å²) in [5.74, 6) is -0.924. The van der Waals surface area contributed by atoms with Gasteiger partial charge >= 0.3 is 5.97 Å². The molecule has 162 valence electrons. The third-order valence-electron chi connectivity index (χ3n) is 4.63. The van der Waals surface area contributed by atoms with Gasteiger partial charge in [0.05, 0.1) is 26.4 Å². The number of rotatable bonds is 13. The number of ether oxygens (including phenoxy) is 3. The number of allylic oxidation sites excluding steroid dienone is 1. The number of carbonyl (C=O) groups excluding carboxylic acids is 2. The van der Waals surface area contributed by atoms with Crippen LogP contribution in [0.15, 0.2) is 30.0 Å². The molecule has 7 nitrogen and oxygen atoms in total. The predicted molar refractivity (Wildman–Crippen MR) is 109 cm³/mol. The van der Waals surface area contributed by atoms with E-state index in [1.54, 1.807) is 31.4 Å². The summed E-state index contributed by atoms with van der Waals surface area (Å²) in [4.78, 5) is 26.0. The summed E-state index contributed by atoms with van der Waals surface area (Å²) in [5, 5.41) is 18.3. The molecule has 1 aromatic rings. The van der Waals surface area contributed by atoms with Crippen LogP contribution in [-0.2, 0) is 19.1 Å². The summed E-state index contributed by atoms with van der Waals surface area (Å²) in [6.45, 7) is 3.05. The number of hydrogen-bond acceptors (Lipinski definition) is 7. The molecule has 0 spiro atoms. The SMILES string of the molecule is CCCCC(CC)C(=O)C(=C(OC)C(=O)OCC(O)CO)c1ccc(OC)cc1. The Balaban J connectivity index is 3.39. The van der Waals surface area contributed by atoms with Gasteiger partial charge in [-0.2, -0.15) is 0 Å². The Morgan fingerprint density at radius 1 is 1.10 bits per heavy atom. The van der Waals surface area contributed by atoms with E-state index in [1.807, 2.05) is 6.92 Å². The second-order valence-electron chi connectivity index (χ2n) is 6.68. The maximum atomic E-state index is 13.4. The maximum absolute atomic E-state index is 13.4. The van der Waals surface area contributed by atoms with Gasteiger partial charge in [0.1, 0.15) is 18.5 Å². The molecule has 1 aromatic carbocycles. The molecule has 0 fully saturated rings. The van der Waals surface area contributed by atoms with Gasteiger partial charge in [-0.05, 0) is 30.5 Å². The molecule has 0 aliphatic carbocycles. The van der Waals surface area contributed by atoms with Gasteiger partial charge in [0.15, 0.2) is 5.78 Å². The van der Waals surface area contributed by atoms with Crippen molar-refractivity contribution in [2.24, 2.45) is 5.92 Å². The third-order valence-corrected chi connectivity index (χ3v) is 4.63. The molecule has 2 N–H and O–H groups in total. The lowest BCUT2D eigenvalue weighted by atomic mass is 9.86. The van der Waals surface area contributed by atoms with Gasteiger partial charge in [-0.25, -0.2) is 4.79 Å². The fourth-order valence-electron chi connectivity index (χ4n) is 2.90. The van der Waals surface area contributed by atoms with Crippen LogP contribution in [0.2, 0.25) is 0 Å². The van der Waals surface area contributed by atoms with Crippen molar-refractivity contribution in [2.45, 2.75) is 45.6 Å². The summed E-state index contributed by atoms with van der Waals surface area (Å²) in [6.07, 6.45) is 2.00. The quantitative estimate of drug-likeness (QED) is 0.294. The molecular weight excluding hydrogens is 376 g/mol. The fourth-order valence-corrected chi connectivity index (χ4v) is 2.90. The van der Waals surface area contributed by atoms with Gasteiger partial charge in [0.25, 0.3) is 0 Å². The topological polar surface area (TPSA) is 102 Å². The molecular formula is C22H32O7. The number of esters is 1. The molecule has 0 amide bonds. The van der Waals surface area contributed by atoms with E-state index in [9.17, 15) is 14.7 Å². The molecule has 0 saturated carbocycles. The van der Waals surface area contributed by atoms with Crippen LogP contribution < -0.4 is 4.74 Å². The molecule has 0 heterocycles. The number of ketones is 1. The molecule has 0 aromatic heterocycles. The summed E-state index contributed by atoms with van der Waals surface area (Å²) in [6, 6.07) is 6.77. The van der Waals surface area contributed by atoms with E-state index in [2.05, 4.69) is 6.92 Å². The lowest BCUT2D eigenvalue weighted by Crippen LogP contribution is -2.25. The Kier molecular flexibility index (Phi) is 11.0. The summed E-state index contributed by atoms with van der Waals surface area (Å²) in [5.41, 5.74) is 0.656. The highest BCUT2D eigenvalue weighted by Gasteiger charge is 2.29. The van der Waals surface area contributed by atoms with Crippen molar-refractivity contribution in [1.82, 2.24) is 0 Å². The number of benzene rings is 1. The highest BCUT2D eigenvalue weighted by Crippen LogP contribution is 2.29. The first-order valence-electron chi connectivity index (χ1n) is 9.86. The van der Waals surface area contributed by atoms with Gasteiger partial charge < -0.3 is 24.4 Å². The minimum Gasteiger partial charge on any atom is -0.497 e. The second-order valence-corrected chi connectivity index (χ2v) is 6.68. The van der Waals surface area contributed by atoms with E-state index < -0.39 is 25.3 Å². The van der Waals surface area contributed by atoms with Crippen LogP contribution in [0.1, 0.15) is 45.1 Å². The third kappa shape index (κ3) is 7.18. The molecule has 2 atom stereocenters. The van der Waals surface area contributed by atoms with Crippen LogP contribution in [-0.4, -0.2) is 55.5 Å². The van der Waals surface area contributed by atoms with Crippen LogP contribution in [0.4, 0.5) is 0 Å². The number of carbonyl (C=O) groups is 2. The van der Waals surface area contributed by atoms with Crippen molar-refractivity contribution in [1.29, 1.82) is 0 Å². The van der Waals surface area contributed by atoms with Crippen molar-refractivity contribution in [3.63, 3.8) is 0 Å². The van der Waals surface area contributed by atoms with Gasteiger partial charge in [-0.15, -0.1) is 0 Å². The first-order chi connectivity index (χ1) is 13.9. The average molecular weight is 408 g/mol. The maximum Gasteiger partial charge on any atom is 0.374 e. The zero-order chi connectivity index (χ0) is 21.8. The van der Waals surface area contributed by atoms with Crippen molar-refractivity contribution in [3.8, 4) is 5.75 Å². The molecule has 0 saturated heterocycles. The van der Waals surface area contributed by atoms with Crippen LogP contribution in [0.25, 0.3) is 5.57 Å². The number of aliphatic hydroxyl groups is 2. The molecule has 0 aliphatic rings. The molecule has 0 radical (unpaired) electrons. The highest BCUT2D eigenvalue weighted by atomic mass is 16.6.